The molecule has 1 fully saturated rings. The lowest BCUT2D eigenvalue weighted by atomic mass is 9.65. The standard InChI is InChI=1S/C16H21ClN2/c1-10-4-6-12-8-13(10)15(19-16(12,2)3)11-5-7-14(17)18-9-11/h4-5,7,9,12-13,15,19H,6,8H2,1-3H3/t12-,13-,15+/m1/s1. The summed E-state index contributed by atoms with van der Waals surface area (Å²) in [6.45, 7) is 6.90. The van der Waals surface area contributed by atoms with Gasteiger partial charge in [-0.25, -0.2) is 4.98 Å². The fourth-order valence-corrected chi connectivity index (χ4v) is 3.67. The van der Waals surface area contributed by atoms with Gasteiger partial charge in [0.15, 0.2) is 0 Å². The lowest BCUT2D eigenvalue weighted by Crippen LogP contribution is -2.55. The normalized spacial score (nSPS) is 32.8. The molecule has 2 nitrogen and oxygen atoms in total. The molecule has 1 aromatic heterocycles. The molecule has 0 amide bonds. The zero-order valence-electron chi connectivity index (χ0n) is 11.8. The highest BCUT2D eigenvalue weighted by atomic mass is 35.5. The summed E-state index contributed by atoms with van der Waals surface area (Å²) in [5.74, 6) is 1.33. The van der Waals surface area contributed by atoms with Gasteiger partial charge in [-0.3, -0.25) is 0 Å². The van der Waals surface area contributed by atoms with Gasteiger partial charge in [-0.1, -0.05) is 29.3 Å². The second-order valence-electron chi connectivity index (χ2n) is 6.48. The van der Waals surface area contributed by atoms with Crippen LogP contribution in [-0.2, 0) is 0 Å². The molecule has 1 aromatic rings. The third-order valence-corrected chi connectivity index (χ3v) is 5.13. The van der Waals surface area contributed by atoms with Crippen LogP contribution in [-0.4, -0.2) is 10.5 Å². The minimum absolute atomic E-state index is 0.179. The first-order valence-corrected chi connectivity index (χ1v) is 7.41. The SMILES string of the molecule is CC1=CC[C@@H]2C[C@H]1[C@H](c1ccc(Cl)nc1)NC2(C)C. The smallest absolute Gasteiger partial charge is 0.129 e. The van der Waals surface area contributed by atoms with Crippen molar-refractivity contribution in [3.05, 3.63) is 40.7 Å². The Morgan fingerprint density at radius 1 is 1.37 bits per heavy atom. The molecule has 2 aliphatic rings. The van der Waals surface area contributed by atoms with E-state index in [2.05, 4.69) is 43.2 Å². The van der Waals surface area contributed by atoms with Crippen LogP contribution in [0.2, 0.25) is 5.15 Å². The molecule has 3 atom stereocenters. The molecule has 0 aromatic carbocycles. The number of halogens is 1. The van der Waals surface area contributed by atoms with Crippen molar-refractivity contribution in [1.82, 2.24) is 10.3 Å². The van der Waals surface area contributed by atoms with Crippen molar-refractivity contribution >= 4 is 11.6 Å². The summed E-state index contributed by atoms with van der Waals surface area (Å²) < 4.78 is 0. The van der Waals surface area contributed by atoms with Crippen molar-refractivity contribution in [3.63, 3.8) is 0 Å². The molecule has 1 N–H and O–H groups in total. The summed E-state index contributed by atoms with van der Waals surface area (Å²) in [6.07, 6.45) is 6.82. The monoisotopic (exact) mass is 276 g/mol. The van der Waals surface area contributed by atoms with Gasteiger partial charge in [0, 0.05) is 17.8 Å². The maximum Gasteiger partial charge on any atom is 0.129 e. The lowest BCUT2D eigenvalue weighted by Gasteiger charge is -2.50. The summed E-state index contributed by atoms with van der Waals surface area (Å²) >= 11 is 5.90. The van der Waals surface area contributed by atoms with E-state index >= 15 is 0 Å². The molecule has 2 bridgehead atoms. The molecule has 19 heavy (non-hydrogen) atoms. The molecule has 1 aliphatic carbocycles. The Morgan fingerprint density at radius 3 is 2.84 bits per heavy atom. The molecule has 3 heteroatoms. The fraction of sp³-hybridized carbons (Fsp3) is 0.562. The Hall–Kier alpha value is -0.860. The summed E-state index contributed by atoms with van der Waals surface area (Å²) in [4.78, 5) is 4.24. The molecule has 0 unspecified atom stereocenters. The molecule has 1 aliphatic heterocycles. The number of fused-ring (bicyclic) bond motifs is 2. The zero-order chi connectivity index (χ0) is 13.6. The summed E-state index contributed by atoms with van der Waals surface area (Å²) in [5.41, 5.74) is 2.94. The van der Waals surface area contributed by atoms with Crippen LogP contribution in [0.25, 0.3) is 0 Å². The van der Waals surface area contributed by atoms with Crippen LogP contribution < -0.4 is 5.32 Å². The highest BCUT2D eigenvalue weighted by Gasteiger charge is 2.43. The average Bonchev–Trinajstić information content (AvgIpc) is 2.37. The maximum atomic E-state index is 5.90. The number of rotatable bonds is 1. The number of hydrogen-bond donors (Lipinski definition) is 1. The third kappa shape index (κ3) is 2.32. The van der Waals surface area contributed by atoms with E-state index in [9.17, 15) is 0 Å². The van der Waals surface area contributed by atoms with E-state index in [1.807, 2.05) is 12.3 Å². The van der Waals surface area contributed by atoms with E-state index in [0.717, 1.165) is 5.92 Å². The van der Waals surface area contributed by atoms with Crippen molar-refractivity contribution in [2.24, 2.45) is 11.8 Å². The van der Waals surface area contributed by atoms with Gasteiger partial charge in [-0.15, -0.1) is 0 Å². The van der Waals surface area contributed by atoms with Crippen LogP contribution >= 0.6 is 11.6 Å². The molecular formula is C16H21ClN2. The first-order valence-electron chi connectivity index (χ1n) is 7.03. The van der Waals surface area contributed by atoms with Crippen LogP contribution in [0.4, 0.5) is 0 Å². The lowest BCUT2D eigenvalue weighted by molar-refractivity contribution is 0.109. The summed E-state index contributed by atoms with van der Waals surface area (Å²) in [5, 5.41) is 4.40. The average molecular weight is 277 g/mol. The van der Waals surface area contributed by atoms with Gasteiger partial charge < -0.3 is 5.32 Å². The van der Waals surface area contributed by atoms with Gasteiger partial charge in [0.05, 0.1) is 0 Å². The number of aromatic nitrogens is 1. The summed E-state index contributed by atoms with van der Waals surface area (Å²) in [7, 11) is 0. The van der Waals surface area contributed by atoms with Crippen LogP contribution in [0.15, 0.2) is 30.0 Å². The molecule has 102 valence electrons. The number of pyridine rings is 1. The van der Waals surface area contributed by atoms with E-state index in [-0.39, 0.29) is 5.54 Å². The predicted octanol–water partition coefficient (Wildman–Crippen LogP) is 4.13. The van der Waals surface area contributed by atoms with Gasteiger partial charge in [-0.05, 0) is 57.1 Å². The van der Waals surface area contributed by atoms with E-state index in [1.165, 1.54) is 24.0 Å². The van der Waals surface area contributed by atoms with E-state index in [1.54, 1.807) is 0 Å². The van der Waals surface area contributed by atoms with Gasteiger partial charge in [0.2, 0.25) is 0 Å². The predicted molar refractivity (Wildman–Crippen MR) is 79.2 cm³/mol. The molecule has 0 spiro atoms. The van der Waals surface area contributed by atoms with E-state index in [4.69, 9.17) is 11.6 Å². The number of allylic oxidation sites excluding steroid dienone is 1. The van der Waals surface area contributed by atoms with Gasteiger partial charge in [-0.2, -0.15) is 0 Å². The molecule has 0 saturated carbocycles. The Morgan fingerprint density at radius 2 is 2.16 bits per heavy atom. The second kappa shape index (κ2) is 4.60. The Balaban J connectivity index is 1.97. The minimum atomic E-state index is 0.179. The molecular weight excluding hydrogens is 256 g/mol. The van der Waals surface area contributed by atoms with Crippen molar-refractivity contribution in [2.75, 3.05) is 0 Å². The zero-order valence-corrected chi connectivity index (χ0v) is 12.5. The Labute approximate surface area is 120 Å². The van der Waals surface area contributed by atoms with E-state index < -0.39 is 0 Å². The number of piperidine rings is 1. The first kappa shape index (κ1) is 13.1. The number of hydrogen-bond acceptors (Lipinski definition) is 2. The molecule has 2 heterocycles. The number of nitrogens with zero attached hydrogens (tertiary/aromatic N) is 1. The quantitative estimate of drug-likeness (QED) is 0.616. The van der Waals surface area contributed by atoms with Gasteiger partial charge >= 0.3 is 0 Å². The van der Waals surface area contributed by atoms with E-state index in [0.29, 0.717) is 17.1 Å². The summed E-state index contributed by atoms with van der Waals surface area (Å²) in [6, 6.07) is 4.35. The molecule has 1 saturated heterocycles. The topological polar surface area (TPSA) is 24.9 Å². The largest absolute Gasteiger partial charge is 0.304 e. The van der Waals surface area contributed by atoms with Crippen LogP contribution in [0.5, 0.6) is 0 Å². The Kier molecular flexibility index (Phi) is 3.18. The first-order chi connectivity index (χ1) is 8.97. The van der Waals surface area contributed by atoms with Crippen molar-refractivity contribution in [2.45, 2.75) is 45.2 Å². The second-order valence-corrected chi connectivity index (χ2v) is 6.87. The van der Waals surface area contributed by atoms with Crippen LogP contribution in [0.3, 0.4) is 0 Å². The molecule has 0 radical (unpaired) electrons. The highest BCUT2D eigenvalue weighted by molar-refractivity contribution is 6.29. The van der Waals surface area contributed by atoms with Crippen molar-refractivity contribution in [1.29, 1.82) is 0 Å². The van der Waals surface area contributed by atoms with Gasteiger partial charge in [0.25, 0.3) is 0 Å². The highest BCUT2D eigenvalue weighted by Crippen LogP contribution is 2.46. The number of nitrogens with one attached hydrogen (secondary N) is 1. The van der Waals surface area contributed by atoms with Crippen molar-refractivity contribution < 1.29 is 0 Å². The Bertz CT molecular complexity index is 504. The van der Waals surface area contributed by atoms with Gasteiger partial charge in [0.1, 0.15) is 5.15 Å². The third-order valence-electron chi connectivity index (χ3n) is 4.91. The maximum absolute atomic E-state index is 5.90. The van der Waals surface area contributed by atoms with Crippen LogP contribution in [0, 0.1) is 11.8 Å². The molecule has 3 rings (SSSR count). The fourth-order valence-electron chi connectivity index (χ4n) is 3.56. The van der Waals surface area contributed by atoms with Crippen LogP contribution in [0.1, 0.15) is 45.2 Å². The van der Waals surface area contributed by atoms with Crippen molar-refractivity contribution in [3.8, 4) is 0 Å². The minimum Gasteiger partial charge on any atom is -0.304 e.